The van der Waals surface area contributed by atoms with Crippen LogP contribution in [0.5, 0.6) is 0 Å². The molecule has 0 aromatic heterocycles. The van der Waals surface area contributed by atoms with E-state index in [4.69, 9.17) is 4.43 Å². The van der Waals surface area contributed by atoms with Crippen molar-refractivity contribution in [2.45, 2.75) is 19.4 Å². The summed E-state index contributed by atoms with van der Waals surface area (Å²) < 4.78 is 5.12. The number of hydrogen-bond donors (Lipinski definition) is 0. The molecule has 0 atom stereocenters. The van der Waals surface area contributed by atoms with Crippen LogP contribution in [0.2, 0.25) is 6.55 Å². The zero-order chi connectivity index (χ0) is 6.24. The van der Waals surface area contributed by atoms with Gasteiger partial charge in [0, 0.05) is 6.61 Å². The van der Waals surface area contributed by atoms with E-state index in [-0.39, 0.29) is 0 Å². The first-order chi connectivity index (χ1) is 3.91. The Morgan fingerprint density at radius 2 is 2.50 bits per heavy atom. The molecular weight excluding hydrogens is 116 g/mol. The van der Waals surface area contributed by atoms with Gasteiger partial charge >= 0.3 is 0 Å². The number of allylic oxidation sites excluding steroid dienone is 1. The van der Waals surface area contributed by atoms with Crippen molar-refractivity contribution in [3.8, 4) is 0 Å². The summed E-state index contributed by atoms with van der Waals surface area (Å²) in [7, 11) is 0.635. The molecule has 0 aromatic carbocycles. The van der Waals surface area contributed by atoms with Gasteiger partial charge in [0.25, 0.3) is 0 Å². The van der Waals surface area contributed by atoms with Crippen LogP contribution >= 0.6 is 0 Å². The Hall–Kier alpha value is -0.0831. The van der Waals surface area contributed by atoms with Gasteiger partial charge in [-0.1, -0.05) is 6.08 Å². The van der Waals surface area contributed by atoms with Crippen LogP contribution in [0.4, 0.5) is 0 Å². The predicted octanol–water partition coefficient (Wildman–Crippen LogP) is 1.64. The summed E-state index contributed by atoms with van der Waals surface area (Å²) in [5.41, 5.74) is 0. The highest BCUT2D eigenvalue weighted by molar-refractivity contribution is 6.24. The fourth-order valence-electron chi connectivity index (χ4n) is 0.402. The standard InChI is InChI=1S/C6H12OSi/c1-3-4-5-6-7-8-2/h3H,1,4-6H2,2H3. The van der Waals surface area contributed by atoms with Crippen molar-refractivity contribution in [3.63, 3.8) is 0 Å². The molecule has 0 saturated heterocycles. The van der Waals surface area contributed by atoms with Crippen molar-refractivity contribution in [2.24, 2.45) is 0 Å². The fourth-order valence-corrected chi connectivity index (χ4v) is 0.750. The normalized spacial score (nSPS) is 9.12. The molecule has 0 aliphatic rings. The van der Waals surface area contributed by atoms with Crippen molar-refractivity contribution in [1.29, 1.82) is 0 Å². The third-order valence-electron chi connectivity index (χ3n) is 0.799. The lowest BCUT2D eigenvalue weighted by Crippen LogP contribution is -1.94. The molecule has 0 aliphatic heterocycles. The molecule has 8 heavy (non-hydrogen) atoms. The molecule has 0 heterocycles. The lowest BCUT2D eigenvalue weighted by molar-refractivity contribution is 0.332. The molecule has 1 nitrogen and oxygen atoms in total. The minimum absolute atomic E-state index is 0.635. The average Bonchev–Trinajstić information content (AvgIpc) is 1.81. The monoisotopic (exact) mass is 128 g/mol. The summed E-state index contributed by atoms with van der Waals surface area (Å²) in [6.07, 6.45) is 4.11. The molecule has 0 spiro atoms. The Morgan fingerprint density at radius 3 is 3.00 bits per heavy atom. The smallest absolute Gasteiger partial charge is 0.226 e. The van der Waals surface area contributed by atoms with E-state index in [1.165, 1.54) is 0 Å². The molecular formula is C6H12OSi. The first-order valence-electron chi connectivity index (χ1n) is 2.81. The lowest BCUT2D eigenvalue weighted by Gasteiger charge is -1.94. The number of rotatable bonds is 5. The van der Waals surface area contributed by atoms with Crippen LogP contribution < -0.4 is 0 Å². The van der Waals surface area contributed by atoms with Crippen LogP contribution in [-0.4, -0.2) is 16.4 Å². The van der Waals surface area contributed by atoms with Crippen molar-refractivity contribution in [1.82, 2.24) is 0 Å². The number of unbranched alkanes of at least 4 members (excludes halogenated alkanes) is 1. The first kappa shape index (κ1) is 7.92. The van der Waals surface area contributed by atoms with E-state index in [0.717, 1.165) is 19.4 Å². The summed E-state index contributed by atoms with van der Waals surface area (Å²) in [6.45, 7) is 6.53. The quantitative estimate of drug-likeness (QED) is 0.311. The second-order valence-electron chi connectivity index (χ2n) is 1.48. The van der Waals surface area contributed by atoms with Gasteiger partial charge in [-0.2, -0.15) is 0 Å². The Balaban J connectivity index is 2.62. The molecule has 0 aromatic rings. The van der Waals surface area contributed by atoms with Gasteiger partial charge in [-0.25, -0.2) is 0 Å². The maximum atomic E-state index is 5.12. The highest BCUT2D eigenvalue weighted by Gasteiger charge is 1.81. The molecule has 0 bridgehead atoms. The van der Waals surface area contributed by atoms with Gasteiger partial charge in [0.2, 0.25) is 9.76 Å². The molecule has 0 aliphatic carbocycles. The molecule has 0 fully saturated rings. The van der Waals surface area contributed by atoms with Crippen molar-refractivity contribution in [3.05, 3.63) is 12.7 Å². The van der Waals surface area contributed by atoms with E-state index in [1.54, 1.807) is 0 Å². The molecule has 0 N–H and O–H groups in total. The van der Waals surface area contributed by atoms with Crippen LogP contribution in [0.1, 0.15) is 12.8 Å². The van der Waals surface area contributed by atoms with E-state index >= 15 is 0 Å². The van der Waals surface area contributed by atoms with Crippen LogP contribution in [-0.2, 0) is 4.43 Å². The Labute approximate surface area is 53.7 Å². The SMILES string of the molecule is C=CCCCO[Si]C. The highest BCUT2D eigenvalue weighted by atomic mass is 28.2. The van der Waals surface area contributed by atoms with Crippen molar-refractivity contribution in [2.75, 3.05) is 6.61 Å². The van der Waals surface area contributed by atoms with Crippen LogP contribution in [0.15, 0.2) is 12.7 Å². The minimum atomic E-state index is 0.635. The second kappa shape index (κ2) is 6.92. The Bertz CT molecular complexity index is 54.5. The van der Waals surface area contributed by atoms with Crippen LogP contribution in [0.3, 0.4) is 0 Å². The Kier molecular flexibility index (Phi) is 6.85. The summed E-state index contributed by atoms with van der Waals surface area (Å²) in [4.78, 5) is 0. The van der Waals surface area contributed by atoms with Crippen LogP contribution in [0.25, 0.3) is 0 Å². The summed E-state index contributed by atoms with van der Waals surface area (Å²) in [6, 6.07) is 0. The van der Waals surface area contributed by atoms with Crippen molar-refractivity contribution < 1.29 is 4.43 Å². The second-order valence-corrected chi connectivity index (χ2v) is 2.18. The third-order valence-corrected chi connectivity index (χ3v) is 1.29. The van der Waals surface area contributed by atoms with Gasteiger partial charge in [0.05, 0.1) is 0 Å². The molecule has 0 unspecified atom stereocenters. The molecule has 2 radical (unpaired) electrons. The molecule has 46 valence electrons. The van der Waals surface area contributed by atoms with Crippen LogP contribution in [0, 0.1) is 0 Å². The van der Waals surface area contributed by atoms with E-state index in [2.05, 4.69) is 6.58 Å². The van der Waals surface area contributed by atoms with E-state index in [9.17, 15) is 0 Å². The maximum absolute atomic E-state index is 5.12. The predicted molar refractivity (Wildman–Crippen MR) is 37.0 cm³/mol. The molecule has 2 heteroatoms. The van der Waals surface area contributed by atoms with Gasteiger partial charge in [0.1, 0.15) is 0 Å². The lowest BCUT2D eigenvalue weighted by atomic mass is 10.3. The topological polar surface area (TPSA) is 9.23 Å². The van der Waals surface area contributed by atoms with Gasteiger partial charge in [-0.05, 0) is 19.4 Å². The third kappa shape index (κ3) is 5.92. The Morgan fingerprint density at radius 1 is 1.75 bits per heavy atom. The molecule has 0 rings (SSSR count). The average molecular weight is 128 g/mol. The summed E-state index contributed by atoms with van der Waals surface area (Å²) in [5, 5.41) is 0. The maximum Gasteiger partial charge on any atom is 0.226 e. The first-order valence-corrected chi connectivity index (χ1v) is 4.22. The fraction of sp³-hybridized carbons (Fsp3) is 0.667. The number of hydrogen-bond acceptors (Lipinski definition) is 1. The molecule has 0 amide bonds. The van der Waals surface area contributed by atoms with E-state index in [1.807, 2.05) is 12.6 Å². The van der Waals surface area contributed by atoms with Gasteiger partial charge in [-0.15, -0.1) is 6.58 Å². The van der Waals surface area contributed by atoms with Gasteiger partial charge in [0.15, 0.2) is 0 Å². The molecule has 0 saturated carbocycles. The van der Waals surface area contributed by atoms with E-state index in [0.29, 0.717) is 9.76 Å². The van der Waals surface area contributed by atoms with Gasteiger partial charge in [-0.3, -0.25) is 0 Å². The summed E-state index contributed by atoms with van der Waals surface area (Å²) in [5.74, 6) is 0. The van der Waals surface area contributed by atoms with Gasteiger partial charge < -0.3 is 4.43 Å². The van der Waals surface area contributed by atoms with Crippen molar-refractivity contribution >= 4 is 9.76 Å². The minimum Gasteiger partial charge on any atom is -0.418 e. The van der Waals surface area contributed by atoms with E-state index < -0.39 is 0 Å². The largest absolute Gasteiger partial charge is 0.418 e. The zero-order valence-corrected chi connectivity index (χ0v) is 6.31. The zero-order valence-electron chi connectivity index (χ0n) is 5.31. The highest BCUT2D eigenvalue weighted by Crippen LogP contribution is 1.88. The summed E-state index contributed by atoms with van der Waals surface area (Å²) >= 11 is 0.